The number of amides is 1. The van der Waals surface area contributed by atoms with Crippen LogP contribution >= 0.6 is 0 Å². The minimum atomic E-state index is -0.741. The summed E-state index contributed by atoms with van der Waals surface area (Å²) in [6, 6.07) is 6.64. The van der Waals surface area contributed by atoms with Crippen LogP contribution in [0.5, 0.6) is 0 Å². The van der Waals surface area contributed by atoms with Crippen LogP contribution in [0.15, 0.2) is 42.9 Å². The lowest BCUT2D eigenvalue weighted by Crippen LogP contribution is -2.37. The monoisotopic (exact) mass is 273 g/mol. The molecule has 104 valence electrons. The van der Waals surface area contributed by atoms with Crippen LogP contribution in [0.2, 0.25) is 0 Å². The van der Waals surface area contributed by atoms with E-state index in [1.807, 2.05) is 26.0 Å². The normalized spacial score (nSPS) is 10.6. The number of hydrogen-bond acceptors (Lipinski definition) is 3. The molecule has 2 aromatic heterocycles. The molecule has 0 radical (unpaired) electrons. The molecule has 0 fully saturated rings. The average molecular weight is 273 g/mol. The first-order chi connectivity index (χ1) is 9.59. The third-order valence-corrected chi connectivity index (χ3v) is 2.95. The number of hydrogen-bond donors (Lipinski definition) is 0. The summed E-state index contributed by atoms with van der Waals surface area (Å²) in [5, 5.41) is 0. The third-order valence-electron chi connectivity index (χ3n) is 2.95. The second-order valence-corrected chi connectivity index (χ2v) is 4.73. The molecule has 20 heavy (non-hydrogen) atoms. The van der Waals surface area contributed by atoms with E-state index >= 15 is 0 Å². The standard InChI is InChI=1S/C15H16FN3O/c1-11(2)19(10-12-5-3-7-17-9-12)15(20)13-6-4-8-18-14(13)16/h3-9,11H,10H2,1-2H3. The van der Waals surface area contributed by atoms with Gasteiger partial charge in [-0.25, -0.2) is 4.98 Å². The second-order valence-electron chi connectivity index (χ2n) is 4.73. The van der Waals surface area contributed by atoms with Gasteiger partial charge >= 0.3 is 0 Å². The van der Waals surface area contributed by atoms with E-state index in [1.54, 1.807) is 23.4 Å². The van der Waals surface area contributed by atoms with Crippen LogP contribution in [-0.2, 0) is 6.54 Å². The molecule has 0 bridgehead atoms. The Morgan fingerprint density at radius 1 is 1.30 bits per heavy atom. The van der Waals surface area contributed by atoms with Gasteiger partial charge in [-0.2, -0.15) is 4.39 Å². The van der Waals surface area contributed by atoms with Crippen LogP contribution in [0.3, 0.4) is 0 Å². The van der Waals surface area contributed by atoms with Crippen LogP contribution in [0.4, 0.5) is 4.39 Å². The SMILES string of the molecule is CC(C)N(Cc1cccnc1)C(=O)c1cccnc1F. The van der Waals surface area contributed by atoms with Crippen LogP contribution in [0.1, 0.15) is 29.8 Å². The molecular formula is C15H16FN3O. The first-order valence-electron chi connectivity index (χ1n) is 6.40. The van der Waals surface area contributed by atoms with Crippen molar-refractivity contribution in [3.8, 4) is 0 Å². The molecule has 0 spiro atoms. The molecule has 4 nitrogen and oxygen atoms in total. The summed E-state index contributed by atoms with van der Waals surface area (Å²) in [6.45, 7) is 4.17. The topological polar surface area (TPSA) is 46.1 Å². The van der Waals surface area contributed by atoms with Crippen molar-refractivity contribution in [2.45, 2.75) is 26.4 Å². The molecule has 2 rings (SSSR count). The quantitative estimate of drug-likeness (QED) is 0.805. The van der Waals surface area contributed by atoms with E-state index in [2.05, 4.69) is 9.97 Å². The number of carbonyl (C=O) groups excluding carboxylic acids is 1. The summed E-state index contributed by atoms with van der Waals surface area (Å²) < 4.78 is 13.6. The molecular weight excluding hydrogens is 257 g/mol. The Morgan fingerprint density at radius 2 is 2.05 bits per heavy atom. The van der Waals surface area contributed by atoms with Gasteiger partial charge in [0.15, 0.2) is 0 Å². The molecule has 0 unspecified atom stereocenters. The number of aromatic nitrogens is 2. The van der Waals surface area contributed by atoms with E-state index in [9.17, 15) is 9.18 Å². The van der Waals surface area contributed by atoms with Crippen molar-refractivity contribution in [3.63, 3.8) is 0 Å². The Hall–Kier alpha value is -2.30. The lowest BCUT2D eigenvalue weighted by Gasteiger charge is -2.26. The van der Waals surface area contributed by atoms with Crippen molar-refractivity contribution < 1.29 is 9.18 Å². The first kappa shape index (κ1) is 14.1. The highest BCUT2D eigenvalue weighted by atomic mass is 19.1. The minimum Gasteiger partial charge on any atom is -0.332 e. The number of carbonyl (C=O) groups is 1. The molecule has 2 aromatic rings. The first-order valence-corrected chi connectivity index (χ1v) is 6.40. The van der Waals surface area contributed by atoms with Gasteiger partial charge in [-0.1, -0.05) is 6.07 Å². The zero-order chi connectivity index (χ0) is 14.5. The molecule has 0 saturated carbocycles. The number of rotatable bonds is 4. The summed E-state index contributed by atoms with van der Waals surface area (Å²) in [6.07, 6.45) is 4.70. The van der Waals surface area contributed by atoms with Crippen molar-refractivity contribution in [1.29, 1.82) is 0 Å². The predicted molar refractivity (Wildman–Crippen MR) is 73.4 cm³/mol. The fourth-order valence-corrected chi connectivity index (χ4v) is 1.88. The Kier molecular flexibility index (Phi) is 4.40. The maximum Gasteiger partial charge on any atom is 0.259 e. The maximum absolute atomic E-state index is 13.6. The molecule has 0 aliphatic heterocycles. The van der Waals surface area contributed by atoms with Gasteiger partial charge in [0.1, 0.15) is 0 Å². The molecule has 0 atom stereocenters. The van der Waals surface area contributed by atoms with Gasteiger partial charge in [-0.15, -0.1) is 0 Å². The highest BCUT2D eigenvalue weighted by Crippen LogP contribution is 2.14. The van der Waals surface area contributed by atoms with Gasteiger partial charge in [0, 0.05) is 31.2 Å². The fourth-order valence-electron chi connectivity index (χ4n) is 1.88. The van der Waals surface area contributed by atoms with Gasteiger partial charge in [0.05, 0.1) is 5.56 Å². The lowest BCUT2D eigenvalue weighted by molar-refractivity contribution is 0.0684. The fraction of sp³-hybridized carbons (Fsp3) is 0.267. The van der Waals surface area contributed by atoms with E-state index in [4.69, 9.17) is 0 Å². The van der Waals surface area contributed by atoms with E-state index in [1.165, 1.54) is 12.3 Å². The van der Waals surface area contributed by atoms with E-state index in [-0.39, 0.29) is 17.5 Å². The van der Waals surface area contributed by atoms with Crippen LogP contribution in [0, 0.1) is 5.95 Å². The average Bonchev–Trinajstić information content (AvgIpc) is 2.45. The lowest BCUT2D eigenvalue weighted by atomic mass is 10.1. The summed E-state index contributed by atoms with van der Waals surface area (Å²) in [5.41, 5.74) is 0.893. The molecule has 2 heterocycles. The molecule has 0 N–H and O–H groups in total. The van der Waals surface area contributed by atoms with Gasteiger partial charge < -0.3 is 4.90 Å². The highest BCUT2D eigenvalue weighted by molar-refractivity contribution is 5.94. The zero-order valence-corrected chi connectivity index (χ0v) is 11.5. The van der Waals surface area contributed by atoms with Crippen LogP contribution < -0.4 is 0 Å². The summed E-state index contributed by atoms with van der Waals surface area (Å²) >= 11 is 0. The van der Waals surface area contributed by atoms with Crippen LogP contribution in [-0.4, -0.2) is 26.8 Å². The molecule has 5 heteroatoms. The summed E-state index contributed by atoms with van der Waals surface area (Å²) in [7, 11) is 0. The molecule has 0 saturated heterocycles. The molecule has 0 aromatic carbocycles. The summed E-state index contributed by atoms with van der Waals surface area (Å²) in [5.74, 6) is -1.11. The number of pyridine rings is 2. The summed E-state index contributed by atoms with van der Waals surface area (Å²) in [4.78, 5) is 21.6. The van der Waals surface area contributed by atoms with Gasteiger partial charge in [-0.05, 0) is 37.6 Å². The Balaban J connectivity index is 2.25. The predicted octanol–water partition coefficient (Wildman–Crippen LogP) is 2.67. The van der Waals surface area contributed by atoms with Crippen molar-refractivity contribution in [1.82, 2.24) is 14.9 Å². The van der Waals surface area contributed by atoms with E-state index < -0.39 is 5.95 Å². The molecule has 0 aliphatic carbocycles. The van der Waals surface area contributed by atoms with Crippen LogP contribution in [0.25, 0.3) is 0 Å². The van der Waals surface area contributed by atoms with E-state index in [0.717, 1.165) is 5.56 Å². The largest absolute Gasteiger partial charge is 0.332 e. The Morgan fingerprint density at radius 3 is 2.65 bits per heavy atom. The molecule has 1 amide bonds. The van der Waals surface area contributed by atoms with E-state index in [0.29, 0.717) is 6.54 Å². The third kappa shape index (κ3) is 3.17. The maximum atomic E-state index is 13.6. The van der Waals surface area contributed by atoms with Gasteiger partial charge in [0.25, 0.3) is 5.91 Å². The van der Waals surface area contributed by atoms with Gasteiger partial charge in [0.2, 0.25) is 5.95 Å². The minimum absolute atomic E-state index is 0.00918. The Bertz CT molecular complexity index is 587. The number of nitrogens with zero attached hydrogens (tertiary/aromatic N) is 3. The highest BCUT2D eigenvalue weighted by Gasteiger charge is 2.22. The van der Waals surface area contributed by atoms with Crippen molar-refractivity contribution in [2.75, 3.05) is 0 Å². The number of halogens is 1. The Labute approximate surface area is 117 Å². The smallest absolute Gasteiger partial charge is 0.259 e. The van der Waals surface area contributed by atoms with Crippen molar-refractivity contribution in [2.24, 2.45) is 0 Å². The van der Waals surface area contributed by atoms with Crippen molar-refractivity contribution in [3.05, 3.63) is 59.9 Å². The zero-order valence-electron chi connectivity index (χ0n) is 11.5. The molecule has 0 aliphatic rings. The van der Waals surface area contributed by atoms with Crippen molar-refractivity contribution >= 4 is 5.91 Å². The second kappa shape index (κ2) is 6.23. The van der Waals surface area contributed by atoms with Gasteiger partial charge in [-0.3, -0.25) is 9.78 Å².